The zero-order valence-electron chi connectivity index (χ0n) is 16.8. The number of nitrogens with one attached hydrogen (secondary N) is 1. The summed E-state index contributed by atoms with van der Waals surface area (Å²) >= 11 is 0. The van der Waals surface area contributed by atoms with E-state index in [4.69, 9.17) is 15.6 Å². The number of aryl methyl sites for hydroxylation is 1. The molecule has 4 rings (SSSR count). The fourth-order valence-electron chi connectivity index (χ4n) is 3.56. The van der Waals surface area contributed by atoms with Crippen molar-refractivity contribution in [3.63, 3.8) is 0 Å². The lowest BCUT2D eigenvalue weighted by atomic mass is 9.97. The fraction of sp³-hybridized carbons (Fsp3) is 0.167. The molecule has 0 amide bonds. The van der Waals surface area contributed by atoms with Crippen molar-refractivity contribution in [3.05, 3.63) is 77.7 Å². The standard InChI is InChI=1S/C24H22FN3O3/c25-20-4-2-1-3-16(20)9-10-31-24-19(11-15(12-21(24)26)5-8-23(29)30)17-6-7-22-18(13-17)14-27-28-22/h1-4,6-7,11-14H,5,8-10,26H2,(H,27,28)(H,29,30). The van der Waals surface area contributed by atoms with Crippen LogP contribution in [0.2, 0.25) is 0 Å². The number of rotatable bonds is 8. The van der Waals surface area contributed by atoms with Crippen LogP contribution < -0.4 is 10.5 Å². The largest absolute Gasteiger partial charge is 0.490 e. The molecule has 3 aromatic carbocycles. The summed E-state index contributed by atoms with van der Waals surface area (Å²) in [6.45, 7) is 0.251. The predicted molar refractivity (Wildman–Crippen MR) is 117 cm³/mol. The van der Waals surface area contributed by atoms with Crippen molar-refractivity contribution >= 4 is 22.6 Å². The lowest BCUT2D eigenvalue weighted by Crippen LogP contribution is -2.07. The number of fused-ring (bicyclic) bond motifs is 1. The van der Waals surface area contributed by atoms with E-state index in [0.717, 1.165) is 27.6 Å². The maximum Gasteiger partial charge on any atom is 0.303 e. The van der Waals surface area contributed by atoms with Gasteiger partial charge in [0.1, 0.15) is 11.6 Å². The van der Waals surface area contributed by atoms with Crippen LogP contribution in [-0.2, 0) is 17.6 Å². The zero-order chi connectivity index (χ0) is 21.8. The number of anilines is 1. The Morgan fingerprint density at radius 3 is 2.77 bits per heavy atom. The van der Waals surface area contributed by atoms with Crippen LogP contribution in [0.15, 0.2) is 60.8 Å². The SMILES string of the molecule is Nc1cc(CCC(=O)O)cc(-c2ccc3[nH]ncc3c2)c1OCCc1ccccc1F. The van der Waals surface area contributed by atoms with E-state index in [1.165, 1.54) is 6.07 Å². The second-order valence-corrected chi connectivity index (χ2v) is 7.32. The first-order chi connectivity index (χ1) is 15.0. The van der Waals surface area contributed by atoms with Gasteiger partial charge in [-0.2, -0.15) is 5.10 Å². The molecule has 0 unspecified atom stereocenters. The predicted octanol–water partition coefficient (Wildman–Crippen LogP) is 4.59. The third-order valence-corrected chi connectivity index (χ3v) is 5.13. The average Bonchev–Trinajstić information content (AvgIpc) is 3.22. The van der Waals surface area contributed by atoms with Crippen molar-refractivity contribution in [1.82, 2.24) is 10.2 Å². The lowest BCUT2D eigenvalue weighted by Gasteiger charge is -2.16. The number of nitrogens with two attached hydrogens (primary N) is 1. The van der Waals surface area contributed by atoms with E-state index in [1.54, 1.807) is 30.5 Å². The minimum absolute atomic E-state index is 0.00708. The molecular formula is C24H22FN3O3. The van der Waals surface area contributed by atoms with Crippen molar-refractivity contribution in [2.45, 2.75) is 19.3 Å². The van der Waals surface area contributed by atoms with E-state index in [9.17, 15) is 9.18 Å². The highest BCUT2D eigenvalue weighted by molar-refractivity contribution is 5.87. The van der Waals surface area contributed by atoms with Gasteiger partial charge in [-0.3, -0.25) is 9.89 Å². The number of carboxylic acid groups (broad SMARTS) is 1. The van der Waals surface area contributed by atoms with Crippen molar-refractivity contribution in [3.8, 4) is 16.9 Å². The Balaban J connectivity index is 1.66. The van der Waals surface area contributed by atoms with E-state index >= 15 is 0 Å². The molecule has 4 aromatic rings. The van der Waals surface area contributed by atoms with E-state index in [1.807, 2.05) is 24.3 Å². The topological polar surface area (TPSA) is 101 Å². The van der Waals surface area contributed by atoms with Crippen LogP contribution in [0.25, 0.3) is 22.0 Å². The Morgan fingerprint density at radius 2 is 1.97 bits per heavy atom. The molecule has 0 aliphatic heterocycles. The third-order valence-electron chi connectivity index (χ3n) is 5.13. The minimum Gasteiger partial charge on any atom is -0.490 e. The lowest BCUT2D eigenvalue weighted by molar-refractivity contribution is -0.136. The van der Waals surface area contributed by atoms with Crippen LogP contribution in [0.5, 0.6) is 5.75 Å². The van der Waals surface area contributed by atoms with Crippen molar-refractivity contribution in [1.29, 1.82) is 0 Å². The number of benzene rings is 3. The van der Waals surface area contributed by atoms with Crippen molar-refractivity contribution < 1.29 is 19.0 Å². The summed E-state index contributed by atoms with van der Waals surface area (Å²) < 4.78 is 19.9. The quantitative estimate of drug-likeness (QED) is 0.363. The van der Waals surface area contributed by atoms with Crippen molar-refractivity contribution in [2.75, 3.05) is 12.3 Å². The van der Waals surface area contributed by atoms with E-state index in [2.05, 4.69) is 10.2 Å². The number of aliphatic carboxylic acids is 1. The second-order valence-electron chi connectivity index (χ2n) is 7.32. The normalized spacial score (nSPS) is 11.0. The van der Waals surface area contributed by atoms with Gasteiger partial charge in [0.25, 0.3) is 0 Å². The van der Waals surface area contributed by atoms with Gasteiger partial charge in [0.15, 0.2) is 0 Å². The number of hydrogen-bond donors (Lipinski definition) is 3. The Kier molecular flexibility index (Phi) is 5.84. The number of carbonyl (C=O) groups is 1. The summed E-state index contributed by atoms with van der Waals surface area (Å²) in [6, 6.07) is 16.0. The van der Waals surface area contributed by atoms with Crippen LogP contribution in [0.4, 0.5) is 10.1 Å². The van der Waals surface area contributed by atoms with Crippen LogP contribution >= 0.6 is 0 Å². The van der Waals surface area contributed by atoms with Gasteiger partial charge >= 0.3 is 5.97 Å². The average molecular weight is 419 g/mol. The number of H-pyrrole nitrogens is 1. The molecule has 0 saturated carbocycles. The monoisotopic (exact) mass is 419 g/mol. The number of aromatic amines is 1. The van der Waals surface area contributed by atoms with E-state index in [-0.39, 0.29) is 18.8 Å². The smallest absolute Gasteiger partial charge is 0.303 e. The maximum absolute atomic E-state index is 13.9. The summed E-state index contributed by atoms with van der Waals surface area (Å²) in [6.07, 6.45) is 2.49. The molecular weight excluding hydrogens is 397 g/mol. The Bertz CT molecular complexity index is 1240. The van der Waals surface area contributed by atoms with Crippen LogP contribution in [-0.4, -0.2) is 27.9 Å². The summed E-state index contributed by atoms with van der Waals surface area (Å²) in [5.41, 5.74) is 10.6. The molecule has 0 radical (unpaired) electrons. The van der Waals surface area contributed by atoms with Gasteiger partial charge in [0.05, 0.1) is 24.0 Å². The van der Waals surface area contributed by atoms with E-state index in [0.29, 0.717) is 29.8 Å². The summed E-state index contributed by atoms with van der Waals surface area (Å²) in [4.78, 5) is 11.0. The first-order valence-corrected chi connectivity index (χ1v) is 9.95. The van der Waals surface area contributed by atoms with Gasteiger partial charge in [0, 0.05) is 23.8 Å². The Labute approximate surface area is 178 Å². The molecule has 0 fully saturated rings. The number of halogens is 1. The zero-order valence-corrected chi connectivity index (χ0v) is 16.8. The highest BCUT2D eigenvalue weighted by Crippen LogP contribution is 2.38. The number of ether oxygens (including phenoxy) is 1. The highest BCUT2D eigenvalue weighted by atomic mass is 19.1. The van der Waals surface area contributed by atoms with Gasteiger partial charge in [-0.15, -0.1) is 0 Å². The molecule has 0 saturated heterocycles. The number of hydrogen-bond acceptors (Lipinski definition) is 4. The van der Waals surface area contributed by atoms with Gasteiger partial charge in [-0.05, 0) is 53.4 Å². The first-order valence-electron chi connectivity index (χ1n) is 9.95. The highest BCUT2D eigenvalue weighted by Gasteiger charge is 2.15. The molecule has 7 heteroatoms. The molecule has 158 valence electrons. The number of nitrogen functional groups attached to an aromatic ring is 1. The van der Waals surface area contributed by atoms with E-state index < -0.39 is 5.97 Å². The third kappa shape index (κ3) is 4.66. The van der Waals surface area contributed by atoms with Gasteiger partial charge in [0.2, 0.25) is 0 Å². The van der Waals surface area contributed by atoms with Crippen LogP contribution in [0.3, 0.4) is 0 Å². The Morgan fingerprint density at radius 1 is 1.13 bits per heavy atom. The van der Waals surface area contributed by atoms with Crippen molar-refractivity contribution in [2.24, 2.45) is 0 Å². The molecule has 1 aromatic heterocycles. The number of carboxylic acids is 1. The molecule has 1 heterocycles. The molecule has 6 nitrogen and oxygen atoms in total. The second kappa shape index (κ2) is 8.87. The van der Waals surface area contributed by atoms with Gasteiger partial charge in [-0.25, -0.2) is 4.39 Å². The molecule has 4 N–H and O–H groups in total. The summed E-state index contributed by atoms with van der Waals surface area (Å²) in [5.74, 6) is -0.642. The first kappa shape index (κ1) is 20.4. The summed E-state index contributed by atoms with van der Waals surface area (Å²) in [5, 5.41) is 16.9. The van der Waals surface area contributed by atoms with Crippen LogP contribution in [0, 0.1) is 5.82 Å². The molecule has 0 aliphatic rings. The molecule has 0 aliphatic carbocycles. The molecule has 0 bridgehead atoms. The number of nitrogens with zero attached hydrogens (tertiary/aromatic N) is 1. The maximum atomic E-state index is 13.9. The van der Waals surface area contributed by atoms with Gasteiger partial charge in [-0.1, -0.05) is 24.3 Å². The minimum atomic E-state index is -0.870. The number of aromatic nitrogens is 2. The summed E-state index contributed by atoms with van der Waals surface area (Å²) in [7, 11) is 0. The fourth-order valence-corrected chi connectivity index (χ4v) is 3.56. The molecule has 0 spiro atoms. The Hall–Kier alpha value is -3.87. The van der Waals surface area contributed by atoms with Gasteiger partial charge < -0.3 is 15.6 Å². The molecule has 0 atom stereocenters. The molecule has 31 heavy (non-hydrogen) atoms. The van der Waals surface area contributed by atoms with Crippen LogP contribution in [0.1, 0.15) is 17.5 Å².